The van der Waals surface area contributed by atoms with E-state index in [2.05, 4.69) is 154 Å². The van der Waals surface area contributed by atoms with Crippen molar-refractivity contribution >= 4 is 17.9 Å². The second-order valence-electron chi connectivity index (χ2n) is 18.1. The third-order valence-electron chi connectivity index (χ3n) is 11.4. The number of ether oxygens (including phenoxy) is 3. The molecule has 0 N–H and O–H groups in total. The van der Waals surface area contributed by atoms with Crippen LogP contribution in [0.25, 0.3) is 0 Å². The average molecular weight is 968 g/mol. The van der Waals surface area contributed by atoms with Crippen LogP contribution in [0.4, 0.5) is 0 Å². The van der Waals surface area contributed by atoms with Gasteiger partial charge in [-0.15, -0.1) is 0 Å². The molecule has 6 nitrogen and oxygen atoms in total. The third kappa shape index (κ3) is 54.5. The van der Waals surface area contributed by atoms with Crippen LogP contribution in [0.5, 0.6) is 0 Å². The minimum Gasteiger partial charge on any atom is -0.462 e. The van der Waals surface area contributed by atoms with Gasteiger partial charge in [-0.05, 0) is 122 Å². The molecule has 0 aromatic heterocycles. The van der Waals surface area contributed by atoms with Gasteiger partial charge in [0.05, 0.1) is 0 Å². The smallest absolute Gasteiger partial charge is 0.306 e. The molecule has 0 aromatic rings. The highest BCUT2D eigenvalue weighted by Gasteiger charge is 2.19. The molecule has 0 aromatic carbocycles. The van der Waals surface area contributed by atoms with E-state index in [-0.39, 0.29) is 31.1 Å². The highest BCUT2D eigenvalue weighted by Crippen LogP contribution is 2.13. The van der Waals surface area contributed by atoms with Gasteiger partial charge in [-0.1, -0.05) is 225 Å². The predicted octanol–water partition coefficient (Wildman–Crippen LogP) is 19.0. The van der Waals surface area contributed by atoms with Gasteiger partial charge in [0.1, 0.15) is 13.2 Å². The summed E-state index contributed by atoms with van der Waals surface area (Å²) in [6.45, 7) is 6.36. The van der Waals surface area contributed by atoms with Crippen molar-refractivity contribution in [3.8, 4) is 0 Å². The second-order valence-corrected chi connectivity index (χ2v) is 18.1. The molecule has 0 heterocycles. The molecule has 0 spiro atoms. The van der Waals surface area contributed by atoms with Crippen LogP contribution in [-0.4, -0.2) is 37.2 Å². The number of rotatable bonds is 49. The minimum atomic E-state index is -0.791. The Morgan fingerprint density at radius 3 is 0.914 bits per heavy atom. The van der Waals surface area contributed by atoms with E-state index in [0.29, 0.717) is 19.3 Å². The zero-order chi connectivity index (χ0) is 50.7. The van der Waals surface area contributed by atoms with Crippen LogP contribution < -0.4 is 0 Å². The lowest BCUT2D eigenvalue weighted by atomic mass is 10.1. The first-order chi connectivity index (χ1) is 34.5. The predicted molar refractivity (Wildman–Crippen MR) is 302 cm³/mol. The molecule has 394 valence electrons. The van der Waals surface area contributed by atoms with Crippen LogP contribution in [0.2, 0.25) is 0 Å². The van der Waals surface area contributed by atoms with Crippen molar-refractivity contribution in [2.75, 3.05) is 13.2 Å². The summed E-state index contributed by atoms with van der Waals surface area (Å²) in [7, 11) is 0. The summed E-state index contributed by atoms with van der Waals surface area (Å²) in [5.41, 5.74) is 0. The Morgan fingerprint density at radius 2 is 0.557 bits per heavy atom. The standard InChI is InChI=1S/C64H102O6/c1-4-7-10-13-15-17-19-21-22-23-24-25-26-27-28-29-30-31-32-33-34-35-36-37-38-39-40-41-42-43-45-46-48-51-54-57-63(66)69-60-61(59-68-62(65)56-53-50-12-9-6-3)70-64(67)58-55-52-49-47-44-20-18-16-14-11-8-5-2/h7,10,15-18,21-22,24-25,27-28,30-31,33-34,36-37,39-40,42-43,61H,4-6,8-9,11-14,19-20,23,26,29,32,35,38,41,44-60H2,1-3H3/b10-7-,17-15-,18-16-,22-21-,25-24-,28-27-,31-30-,34-33-,37-36-,40-39-,43-42-. The maximum absolute atomic E-state index is 12.7. The number of allylic oxidation sites excluding steroid dienone is 22. The fourth-order valence-corrected chi connectivity index (χ4v) is 7.17. The van der Waals surface area contributed by atoms with E-state index in [1.807, 2.05) is 0 Å². The molecule has 0 radical (unpaired) electrons. The molecule has 0 rings (SSSR count). The molecular formula is C64H102O6. The zero-order valence-electron chi connectivity index (χ0n) is 45.0. The molecule has 0 aliphatic heterocycles. The Balaban J connectivity index is 4.12. The van der Waals surface area contributed by atoms with E-state index in [1.165, 1.54) is 32.1 Å². The molecule has 0 aliphatic carbocycles. The Kier molecular flexibility index (Phi) is 53.5. The summed E-state index contributed by atoms with van der Waals surface area (Å²) in [6, 6.07) is 0. The van der Waals surface area contributed by atoms with Gasteiger partial charge in [0.15, 0.2) is 6.10 Å². The van der Waals surface area contributed by atoms with Crippen LogP contribution in [0.1, 0.15) is 233 Å². The second kappa shape index (κ2) is 57.1. The highest BCUT2D eigenvalue weighted by molar-refractivity contribution is 5.71. The lowest BCUT2D eigenvalue weighted by molar-refractivity contribution is -0.167. The third-order valence-corrected chi connectivity index (χ3v) is 11.4. The summed E-state index contributed by atoms with van der Waals surface area (Å²) in [4.78, 5) is 37.6. The topological polar surface area (TPSA) is 78.9 Å². The van der Waals surface area contributed by atoms with Crippen LogP contribution in [0, 0.1) is 0 Å². The fourth-order valence-electron chi connectivity index (χ4n) is 7.17. The highest BCUT2D eigenvalue weighted by atomic mass is 16.6. The zero-order valence-corrected chi connectivity index (χ0v) is 45.0. The minimum absolute atomic E-state index is 0.0930. The van der Waals surface area contributed by atoms with Crippen molar-refractivity contribution < 1.29 is 28.6 Å². The van der Waals surface area contributed by atoms with E-state index >= 15 is 0 Å². The summed E-state index contributed by atoms with van der Waals surface area (Å²) < 4.78 is 16.6. The van der Waals surface area contributed by atoms with E-state index < -0.39 is 6.10 Å². The van der Waals surface area contributed by atoms with Crippen molar-refractivity contribution in [3.05, 3.63) is 134 Å². The number of hydrogen-bond acceptors (Lipinski definition) is 6. The van der Waals surface area contributed by atoms with Crippen molar-refractivity contribution in [1.29, 1.82) is 0 Å². The number of carbonyl (C=O) groups is 3. The molecule has 0 aliphatic rings. The van der Waals surface area contributed by atoms with Crippen molar-refractivity contribution in [2.24, 2.45) is 0 Å². The first-order valence-corrected chi connectivity index (χ1v) is 28.2. The molecule has 0 saturated heterocycles. The van der Waals surface area contributed by atoms with Gasteiger partial charge in [0.25, 0.3) is 0 Å². The Hall–Kier alpha value is -4.45. The van der Waals surface area contributed by atoms with Gasteiger partial charge in [-0.2, -0.15) is 0 Å². The lowest BCUT2D eigenvalue weighted by Gasteiger charge is -2.18. The van der Waals surface area contributed by atoms with Gasteiger partial charge in [-0.3, -0.25) is 14.4 Å². The van der Waals surface area contributed by atoms with Gasteiger partial charge in [-0.25, -0.2) is 0 Å². The van der Waals surface area contributed by atoms with Gasteiger partial charge in [0.2, 0.25) is 0 Å². The maximum atomic E-state index is 12.7. The molecular weight excluding hydrogens is 865 g/mol. The molecule has 70 heavy (non-hydrogen) atoms. The van der Waals surface area contributed by atoms with Crippen molar-refractivity contribution in [1.82, 2.24) is 0 Å². The van der Waals surface area contributed by atoms with E-state index in [0.717, 1.165) is 161 Å². The van der Waals surface area contributed by atoms with Crippen LogP contribution >= 0.6 is 0 Å². The first kappa shape index (κ1) is 65.5. The first-order valence-electron chi connectivity index (χ1n) is 28.2. The van der Waals surface area contributed by atoms with E-state index in [1.54, 1.807) is 0 Å². The molecule has 0 amide bonds. The molecule has 0 fully saturated rings. The lowest BCUT2D eigenvalue weighted by Crippen LogP contribution is -2.30. The summed E-state index contributed by atoms with van der Waals surface area (Å²) in [5, 5.41) is 0. The normalized spacial score (nSPS) is 13.1. The van der Waals surface area contributed by atoms with Crippen LogP contribution in [0.3, 0.4) is 0 Å². The molecule has 0 bridgehead atoms. The number of esters is 3. The SMILES string of the molecule is CC/C=C\C/C=C\C/C=C\C/C=C\C/C=C\C/C=C\C/C=C\C/C=C\C/C=C\C/C=C\CCCCCCC(=O)OCC(COC(=O)CCCCCCC)OC(=O)CCCCCCC/C=C\CCCCC. The maximum Gasteiger partial charge on any atom is 0.306 e. The molecule has 1 unspecified atom stereocenters. The number of hydrogen-bond donors (Lipinski definition) is 0. The largest absolute Gasteiger partial charge is 0.462 e. The summed E-state index contributed by atoms with van der Waals surface area (Å²) in [6.07, 6.45) is 80.7. The number of carbonyl (C=O) groups excluding carboxylic acids is 3. The quantitative estimate of drug-likeness (QED) is 0.0262. The molecule has 0 saturated carbocycles. The monoisotopic (exact) mass is 967 g/mol. The Labute approximate surface area is 430 Å². The van der Waals surface area contributed by atoms with Crippen molar-refractivity contribution in [3.63, 3.8) is 0 Å². The number of unbranched alkanes of at least 4 members (excludes halogenated alkanes) is 16. The van der Waals surface area contributed by atoms with Crippen LogP contribution in [-0.2, 0) is 28.6 Å². The summed E-state index contributed by atoms with van der Waals surface area (Å²) >= 11 is 0. The fraction of sp³-hybridized carbons (Fsp3) is 0.609. The van der Waals surface area contributed by atoms with E-state index in [9.17, 15) is 14.4 Å². The Morgan fingerprint density at radius 1 is 0.300 bits per heavy atom. The molecule has 6 heteroatoms. The average Bonchev–Trinajstić information content (AvgIpc) is 3.36. The molecule has 1 atom stereocenters. The summed E-state index contributed by atoms with van der Waals surface area (Å²) in [5.74, 6) is -0.951. The van der Waals surface area contributed by atoms with Gasteiger partial charge >= 0.3 is 17.9 Å². The van der Waals surface area contributed by atoms with Crippen LogP contribution in [0.15, 0.2) is 134 Å². The van der Waals surface area contributed by atoms with Gasteiger partial charge in [0, 0.05) is 19.3 Å². The van der Waals surface area contributed by atoms with Crippen molar-refractivity contribution in [2.45, 2.75) is 239 Å². The Bertz CT molecular complexity index is 1530. The van der Waals surface area contributed by atoms with E-state index in [4.69, 9.17) is 14.2 Å². The van der Waals surface area contributed by atoms with Gasteiger partial charge < -0.3 is 14.2 Å².